The number of aromatic nitrogens is 1. The van der Waals surface area contributed by atoms with Crippen LogP contribution in [0.1, 0.15) is 46.5 Å². The van der Waals surface area contributed by atoms with E-state index in [-0.39, 0.29) is 5.97 Å². The van der Waals surface area contributed by atoms with Gasteiger partial charge in [0.15, 0.2) is 5.11 Å². The van der Waals surface area contributed by atoms with Crippen molar-refractivity contribution in [2.24, 2.45) is 0 Å². The molecule has 0 atom stereocenters. The standard InChI is InChI=1S/C18H21N3O2S2/c1-23-17(22)15-13-8-4-2-3-5-9-14(13)25-16(15)21-18(24)20-12-7-6-10-19-11-12/h6-7,10-11H,2-5,8-9H2,1H3,(H2,20,21,24). The molecule has 2 aromatic heterocycles. The number of anilines is 2. The predicted molar refractivity (Wildman–Crippen MR) is 106 cm³/mol. The van der Waals surface area contributed by atoms with Gasteiger partial charge in [0.1, 0.15) is 5.00 Å². The fraction of sp³-hybridized carbons (Fsp3) is 0.389. The van der Waals surface area contributed by atoms with Crippen LogP contribution in [0.2, 0.25) is 0 Å². The molecule has 3 rings (SSSR count). The van der Waals surface area contributed by atoms with E-state index in [0.29, 0.717) is 10.7 Å². The monoisotopic (exact) mass is 375 g/mol. The lowest BCUT2D eigenvalue weighted by Crippen LogP contribution is -2.20. The molecular formula is C18H21N3O2S2. The smallest absolute Gasteiger partial charge is 0.341 e. The van der Waals surface area contributed by atoms with Crippen LogP contribution < -0.4 is 10.6 Å². The van der Waals surface area contributed by atoms with E-state index in [1.807, 2.05) is 12.1 Å². The highest BCUT2D eigenvalue weighted by Crippen LogP contribution is 2.37. The Balaban J connectivity index is 1.85. The number of nitrogens with one attached hydrogen (secondary N) is 2. The normalized spacial score (nSPS) is 14.0. The van der Waals surface area contributed by atoms with E-state index in [4.69, 9.17) is 17.0 Å². The first kappa shape index (κ1) is 17.8. The van der Waals surface area contributed by atoms with Gasteiger partial charge in [0, 0.05) is 11.1 Å². The number of thiocarbonyl (C=S) groups is 1. The summed E-state index contributed by atoms with van der Waals surface area (Å²) in [6.07, 6.45) is 10.0. The summed E-state index contributed by atoms with van der Waals surface area (Å²) in [7, 11) is 1.42. The highest BCUT2D eigenvalue weighted by atomic mass is 32.1. The topological polar surface area (TPSA) is 63.2 Å². The molecule has 1 aliphatic rings. The molecule has 0 spiro atoms. The average molecular weight is 376 g/mol. The number of nitrogens with zero attached hydrogens (tertiary/aromatic N) is 1. The molecule has 2 heterocycles. The summed E-state index contributed by atoms with van der Waals surface area (Å²) < 4.78 is 5.03. The number of methoxy groups -OCH3 is 1. The Labute approximate surface area is 156 Å². The second kappa shape index (κ2) is 8.40. The zero-order valence-electron chi connectivity index (χ0n) is 14.1. The van der Waals surface area contributed by atoms with E-state index in [0.717, 1.165) is 41.9 Å². The third kappa shape index (κ3) is 4.35. The van der Waals surface area contributed by atoms with Gasteiger partial charge < -0.3 is 15.4 Å². The van der Waals surface area contributed by atoms with Crippen molar-refractivity contribution in [2.75, 3.05) is 17.7 Å². The van der Waals surface area contributed by atoms with Gasteiger partial charge in [-0.2, -0.15) is 0 Å². The first-order valence-corrected chi connectivity index (χ1v) is 9.62. The highest BCUT2D eigenvalue weighted by molar-refractivity contribution is 7.80. The number of hydrogen-bond acceptors (Lipinski definition) is 5. The van der Waals surface area contributed by atoms with E-state index in [9.17, 15) is 4.79 Å². The number of rotatable bonds is 3. The van der Waals surface area contributed by atoms with Gasteiger partial charge in [0.05, 0.1) is 24.6 Å². The fourth-order valence-corrected chi connectivity index (χ4v) is 4.59. The van der Waals surface area contributed by atoms with Crippen LogP contribution in [0.25, 0.3) is 0 Å². The molecule has 0 aromatic carbocycles. The molecule has 0 saturated carbocycles. The molecule has 0 fully saturated rings. The molecule has 0 unspecified atom stereocenters. The summed E-state index contributed by atoms with van der Waals surface area (Å²) >= 11 is 7.01. The Morgan fingerprint density at radius 3 is 2.76 bits per heavy atom. The van der Waals surface area contributed by atoms with Crippen molar-refractivity contribution >= 4 is 45.3 Å². The summed E-state index contributed by atoms with van der Waals surface area (Å²) in [6.45, 7) is 0. The van der Waals surface area contributed by atoms with Crippen LogP contribution in [0.5, 0.6) is 0 Å². The van der Waals surface area contributed by atoms with Crippen LogP contribution in [0.15, 0.2) is 24.5 Å². The quantitative estimate of drug-likeness (QED) is 0.612. The van der Waals surface area contributed by atoms with Crippen molar-refractivity contribution in [2.45, 2.75) is 38.5 Å². The molecule has 0 amide bonds. The molecule has 0 bridgehead atoms. The predicted octanol–water partition coefficient (Wildman–Crippen LogP) is 4.40. The summed E-state index contributed by atoms with van der Waals surface area (Å²) in [6, 6.07) is 3.72. The Morgan fingerprint density at radius 2 is 2.04 bits per heavy atom. The first-order valence-electron chi connectivity index (χ1n) is 8.40. The number of esters is 1. The lowest BCUT2D eigenvalue weighted by Gasteiger charge is -2.12. The number of thiophene rings is 1. The number of hydrogen-bond donors (Lipinski definition) is 2. The van der Waals surface area contributed by atoms with Gasteiger partial charge in [-0.25, -0.2) is 4.79 Å². The molecule has 7 heteroatoms. The number of aryl methyl sites for hydroxylation is 1. The van der Waals surface area contributed by atoms with Crippen molar-refractivity contribution in [1.29, 1.82) is 0 Å². The number of fused-ring (bicyclic) bond motifs is 1. The van der Waals surface area contributed by atoms with Crippen LogP contribution in [0, 0.1) is 0 Å². The number of carbonyl (C=O) groups excluding carboxylic acids is 1. The van der Waals surface area contributed by atoms with Gasteiger partial charge in [-0.15, -0.1) is 11.3 Å². The van der Waals surface area contributed by atoms with E-state index < -0.39 is 0 Å². The number of ether oxygens (including phenoxy) is 1. The van der Waals surface area contributed by atoms with Crippen LogP contribution in [0.3, 0.4) is 0 Å². The zero-order chi connectivity index (χ0) is 17.6. The van der Waals surface area contributed by atoms with Crippen molar-refractivity contribution < 1.29 is 9.53 Å². The summed E-state index contributed by atoms with van der Waals surface area (Å²) in [5, 5.41) is 7.48. The maximum Gasteiger partial charge on any atom is 0.341 e. The molecule has 2 aromatic rings. The van der Waals surface area contributed by atoms with Crippen molar-refractivity contribution in [3.63, 3.8) is 0 Å². The second-order valence-corrected chi connectivity index (χ2v) is 7.45. The summed E-state index contributed by atoms with van der Waals surface area (Å²) in [4.78, 5) is 17.7. The molecular weight excluding hydrogens is 354 g/mol. The van der Waals surface area contributed by atoms with E-state index in [1.54, 1.807) is 23.7 Å². The molecule has 0 aliphatic heterocycles. The molecule has 0 saturated heterocycles. The van der Waals surface area contributed by atoms with Gasteiger partial charge in [0.2, 0.25) is 0 Å². The van der Waals surface area contributed by atoms with Crippen LogP contribution >= 0.6 is 23.6 Å². The van der Waals surface area contributed by atoms with Gasteiger partial charge in [-0.05, 0) is 55.6 Å². The number of pyridine rings is 1. The van der Waals surface area contributed by atoms with E-state index >= 15 is 0 Å². The minimum Gasteiger partial charge on any atom is -0.465 e. The van der Waals surface area contributed by atoms with Gasteiger partial charge in [-0.1, -0.05) is 12.8 Å². The van der Waals surface area contributed by atoms with Crippen LogP contribution in [-0.4, -0.2) is 23.2 Å². The maximum atomic E-state index is 12.4. The molecule has 132 valence electrons. The summed E-state index contributed by atoms with van der Waals surface area (Å²) in [5.41, 5.74) is 2.57. The number of carbonyl (C=O) groups is 1. The second-order valence-electron chi connectivity index (χ2n) is 5.93. The molecule has 5 nitrogen and oxygen atoms in total. The lowest BCUT2D eigenvalue weighted by molar-refractivity contribution is 0.0601. The van der Waals surface area contributed by atoms with Crippen LogP contribution in [-0.2, 0) is 17.6 Å². The van der Waals surface area contributed by atoms with E-state index in [2.05, 4.69) is 15.6 Å². The van der Waals surface area contributed by atoms with Gasteiger partial charge >= 0.3 is 5.97 Å². The molecule has 0 radical (unpaired) electrons. The Kier molecular flexibility index (Phi) is 5.99. The van der Waals surface area contributed by atoms with Crippen molar-refractivity contribution in [1.82, 2.24) is 4.98 Å². The third-order valence-corrected chi connectivity index (χ3v) is 5.62. The third-order valence-electron chi connectivity index (χ3n) is 4.21. The van der Waals surface area contributed by atoms with Gasteiger partial charge in [0.25, 0.3) is 0 Å². The minimum atomic E-state index is -0.301. The largest absolute Gasteiger partial charge is 0.465 e. The van der Waals surface area contributed by atoms with Crippen molar-refractivity contribution in [3.05, 3.63) is 40.5 Å². The average Bonchev–Trinajstić information content (AvgIpc) is 2.91. The maximum absolute atomic E-state index is 12.4. The van der Waals surface area contributed by atoms with E-state index in [1.165, 1.54) is 24.8 Å². The highest BCUT2D eigenvalue weighted by Gasteiger charge is 2.25. The fourth-order valence-electron chi connectivity index (χ4n) is 3.03. The molecule has 1 aliphatic carbocycles. The van der Waals surface area contributed by atoms with Gasteiger partial charge in [-0.3, -0.25) is 4.98 Å². The molecule has 2 N–H and O–H groups in total. The minimum absolute atomic E-state index is 0.301. The molecule has 25 heavy (non-hydrogen) atoms. The lowest BCUT2D eigenvalue weighted by atomic mass is 9.96. The Morgan fingerprint density at radius 1 is 1.24 bits per heavy atom. The van der Waals surface area contributed by atoms with Crippen molar-refractivity contribution in [3.8, 4) is 0 Å². The Bertz CT molecular complexity index is 759. The van der Waals surface area contributed by atoms with Crippen LogP contribution in [0.4, 0.5) is 10.7 Å². The summed E-state index contributed by atoms with van der Waals surface area (Å²) in [5.74, 6) is -0.301. The Hall–Kier alpha value is -1.99. The zero-order valence-corrected chi connectivity index (χ0v) is 15.8. The SMILES string of the molecule is COC(=O)c1c(NC(=S)Nc2cccnc2)sc2c1CCCCCC2. The first-order chi connectivity index (χ1) is 12.2.